The number of amides is 1. The van der Waals surface area contributed by atoms with Crippen LogP contribution in [0.1, 0.15) is 24.2 Å². The van der Waals surface area contributed by atoms with Crippen LogP contribution in [0.25, 0.3) is 0 Å². The van der Waals surface area contributed by atoms with Gasteiger partial charge in [0.2, 0.25) is 0 Å². The van der Waals surface area contributed by atoms with Gasteiger partial charge in [-0.25, -0.2) is 0 Å². The van der Waals surface area contributed by atoms with Crippen molar-refractivity contribution in [3.8, 4) is 0 Å². The zero-order valence-corrected chi connectivity index (χ0v) is 16.0. The highest BCUT2D eigenvalue weighted by Gasteiger charge is 2.24. The Morgan fingerprint density at radius 3 is 2.46 bits per heavy atom. The van der Waals surface area contributed by atoms with Crippen molar-refractivity contribution in [2.75, 3.05) is 25.5 Å². The number of nitrogens with one attached hydrogen (secondary N) is 1. The molecule has 2 rings (SSSR count). The second kappa shape index (κ2) is 9.50. The van der Waals surface area contributed by atoms with E-state index < -0.39 is 16.8 Å². The van der Waals surface area contributed by atoms with Gasteiger partial charge in [0.1, 0.15) is 5.69 Å². The van der Waals surface area contributed by atoms with Crippen LogP contribution in [0, 0.1) is 16.0 Å². The lowest BCUT2D eigenvalue weighted by Crippen LogP contribution is -2.37. The van der Waals surface area contributed by atoms with E-state index in [1.807, 2.05) is 18.2 Å². The molecule has 148 valence electrons. The molecule has 0 radical (unpaired) electrons. The van der Waals surface area contributed by atoms with E-state index in [9.17, 15) is 19.7 Å². The Morgan fingerprint density at radius 2 is 1.89 bits per heavy atom. The number of carbonyl (C=O) groups excluding carboxylic acids is 2. The molecule has 1 unspecified atom stereocenters. The minimum Gasteiger partial charge on any atom is -0.469 e. The van der Waals surface area contributed by atoms with Crippen molar-refractivity contribution in [1.29, 1.82) is 0 Å². The highest BCUT2D eigenvalue weighted by atomic mass is 16.6. The van der Waals surface area contributed by atoms with Crippen LogP contribution in [0.5, 0.6) is 0 Å². The molecule has 28 heavy (non-hydrogen) atoms. The van der Waals surface area contributed by atoms with E-state index in [0.717, 1.165) is 0 Å². The number of benzene rings is 2. The van der Waals surface area contributed by atoms with Gasteiger partial charge < -0.3 is 15.0 Å². The molecule has 2 aromatic carbocycles. The molecular weight excluding hydrogens is 362 g/mol. The summed E-state index contributed by atoms with van der Waals surface area (Å²) in [6, 6.07) is 13.3. The van der Waals surface area contributed by atoms with Crippen LogP contribution in [0.15, 0.2) is 48.5 Å². The van der Waals surface area contributed by atoms with Crippen LogP contribution in [0.4, 0.5) is 17.1 Å². The highest BCUT2D eigenvalue weighted by Crippen LogP contribution is 2.29. The third kappa shape index (κ3) is 5.06. The molecule has 1 N–H and O–H groups in total. The van der Waals surface area contributed by atoms with Crippen LogP contribution < -0.4 is 5.32 Å². The van der Waals surface area contributed by atoms with Crippen LogP contribution in [0.2, 0.25) is 0 Å². The summed E-state index contributed by atoms with van der Waals surface area (Å²) < 4.78 is 4.69. The van der Waals surface area contributed by atoms with Crippen LogP contribution in [-0.2, 0) is 9.53 Å². The lowest BCUT2D eigenvalue weighted by molar-refractivity contribution is -0.383. The Kier molecular flexibility index (Phi) is 7.08. The van der Waals surface area contributed by atoms with E-state index in [0.29, 0.717) is 17.9 Å². The largest absolute Gasteiger partial charge is 0.469 e. The third-order valence-electron chi connectivity index (χ3n) is 4.26. The van der Waals surface area contributed by atoms with Crippen molar-refractivity contribution in [3.05, 3.63) is 64.2 Å². The number of nitro benzene ring substituents is 1. The maximum Gasteiger partial charge on any atom is 0.310 e. The summed E-state index contributed by atoms with van der Waals surface area (Å²) in [5.41, 5.74) is 0.974. The Balaban J connectivity index is 2.27. The fourth-order valence-electron chi connectivity index (χ4n) is 2.74. The first-order valence-electron chi connectivity index (χ1n) is 8.85. The number of hydrogen-bond donors (Lipinski definition) is 1. The van der Waals surface area contributed by atoms with Gasteiger partial charge in [0, 0.05) is 30.4 Å². The molecule has 1 amide bonds. The average molecular weight is 385 g/mol. The number of ether oxygens (including phenoxy) is 1. The van der Waals surface area contributed by atoms with Gasteiger partial charge in [0.25, 0.3) is 11.6 Å². The first kappa shape index (κ1) is 20.9. The molecule has 8 heteroatoms. The topological polar surface area (TPSA) is 102 Å². The molecular formula is C20H23N3O5. The number of rotatable bonds is 8. The molecule has 0 saturated carbocycles. The summed E-state index contributed by atoms with van der Waals surface area (Å²) in [5, 5.41) is 14.5. The number of nitro groups is 1. The maximum absolute atomic E-state index is 12.8. The predicted octanol–water partition coefficient (Wildman–Crippen LogP) is 3.61. The summed E-state index contributed by atoms with van der Waals surface area (Å²) in [7, 11) is 1.29. The van der Waals surface area contributed by atoms with Crippen molar-refractivity contribution >= 4 is 28.9 Å². The Morgan fingerprint density at radius 1 is 1.21 bits per heavy atom. The van der Waals surface area contributed by atoms with Gasteiger partial charge in [-0.15, -0.1) is 0 Å². The van der Waals surface area contributed by atoms with Gasteiger partial charge in [-0.1, -0.05) is 25.1 Å². The monoisotopic (exact) mass is 385 g/mol. The van der Waals surface area contributed by atoms with Crippen molar-refractivity contribution in [2.45, 2.75) is 13.8 Å². The van der Waals surface area contributed by atoms with Gasteiger partial charge in [0.05, 0.1) is 18.0 Å². The van der Waals surface area contributed by atoms with E-state index in [2.05, 4.69) is 5.32 Å². The van der Waals surface area contributed by atoms with Crippen LogP contribution in [0.3, 0.4) is 0 Å². The van der Waals surface area contributed by atoms with Crippen molar-refractivity contribution < 1.29 is 19.2 Å². The molecule has 0 aromatic heterocycles. The third-order valence-corrected chi connectivity index (χ3v) is 4.26. The number of esters is 1. The lowest BCUT2D eigenvalue weighted by Gasteiger charge is -2.23. The summed E-state index contributed by atoms with van der Waals surface area (Å²) in [5.74, 6) is -1.30. The molecule has 2 aromatic rings. The summed E-state index contributed by atoms with van der Waals surface area (Å²) >= 11 is 0. The number of para-hydroxylation sites is 1. The van der Waals surface area contributed by atoms with Gasteiger partial charge >= 0.3 is 5.97 Å². The van der Waals surface area contributed by atoms with Gasteiger partial charge in [0.15, 0.2) is 0 Å². The SMILES string of the molecule is CCN(CC(C)C(=O)OC)C(=O)c1ccc(Nc2ccccc2)c([N+](=O)[O-])c1. The van der Waals surface area contributed by atoms with E-state index >= 15 is 0 Å². The highest BCUT2D eigenvalue weighted by molar-refractivity contribution is 5.96. The molecule has 0 saturated heterocycles. The predicted molar refractivity (Wildman–Crippen MR) is 106 cm³/mol. The van der Waals surface area contributed by atoms with Crippen LogP contribution in [-0.4, -0.2) is 41.9 Å². The van der Waals surface area contributed by atoms with Gasteiger partial charge in [-0.3, -0.25) is 19.7 Å². The Labute approximate surface area is 163 Å². The van der Waals surface area contributed by atoms with Gasteiger partial charge in [-0.2, -0.15) is 0 Å². The summed E-state index contributed by atoms with van der Waals surface area (Å²) in [6.45, 7) is 3.97. The Bertz CT molecular complexity index is 854. The minimum absolute atomic E-state index is 0.166. The number of anilines is 2. The Hall–Kier alpha value is -3.42. The molecule has 0 fully saturated rings. The van der Waals surface area contributed by atoms with E-state index in [4.69, 9.17) is 4.74 Å². The first-order valence-corrected chi connectivity index (χ1v) is 8.85. The second-order valence-electron chi connectivity index (χ2n) is 6.25. The quantitative estimate of drug-likeness (QED) is 0.423. The number of hydrogen-bond acceptors (Lipinski definition) is 6. The first-order chi connectivity index (χ1) is 13.4. The van der Waals surface area contributed by atoms with Gasteiger partial charge in [-0.05, 0) is 31.2 Å². The fourth-order valence-corrected chi connectivity index (χ4v) is 2.74. The number of carbonyl (C=O) groups is 2. The molecule has 0 spiro atoms. The average Bonchev–Trinajstić information content (AvgIpc) is 2.71. The minimum atomic E-state index is -0.532. The lowest BCUT2D eigenvalue weighted by atomic mass is 10.1. The standard InChI is InChI=1S/C20H23N3O5/c1-4-22(13-14(2)20(25)28-3)19(24)15-10-11-17(18(12-15)23(26)27)21-16-8-6-5-7-9-16/h5-12,14,21H,4,13H2,1-3H3. The number of nitrogens with zero attached hydrogens (tertiary/aromatic N) is 2. The summed E-state index contributed by atoms with van der Waals surface area (Å²) in [6.07, 6.45) is 0. The molecule has 0 aliphatic rings. The zero-order chi connectivity index (χ0) is 20.7. The van der Waals surface area contributed by atoms with E-state index in [-0.39, 0.29) is 23.7 Å². The maximum atomic E-state index is 12.8. The fraction of sp³-hybridized carbons (Fsp3) is 0.300. The normalized spacial score (nSPS) is 11.4. The zero-order valence-electron chi connectivity index (χ0n) is 16.0. The number of methoxy groups -OCH3 is 1. The second-order valence-corrected chi connectivity index (χ2v) is 6.25. The van der Waals surface area contributed by atoms with Crippen molar-refractivity contribution in [1.82, 2.24) is 4.90 Å². The smallest absolute Gasteiger partial charge is 0.310 e. The van der Waals surface area contributed by atoms with Crippen molar-refractivity contribution in [3.63, 3.8) is 0 Å². The van der Waals surface area contributed by atoms with E-state index in [1.165, 1.54) is 30.2 Å². The van der Waals surface area contributed by atoms with Crippen molar-refractivity contribution in [2.24, 2.45) is 5.92 Å². The molecule has 1 atom stereocenters. The molecule has 8 nitrogen and oxygen atoms in total. The molecule has 0 heterocycles. The molecule has 0 aliphatic heterocycles. The van der Waals surface area contributed by atoms with E-state index in [1.54, 1.807) is 26.0 Å². The summed E-state index contributed by atoms with van der Waals surface area (Å²) in [4.78, 5) is 36.9. The molecule has 0 bridgehead atoms. The van der Waals surface area contributed by atoms with Crippen LogP contribution >= 0.6 is 0 Å². The molecule has 0 aliphatic carbocycles.